The van der Waals surface area contributed by atoms with Crippen molar-refractivity contribution in [1.29, 1.82) is 0 Å². The molecule has 32 heavy (non-hydrogen) atoms. The molecule has 1 unspecified atom stereocenters. The molecule has 0 spiro atoms. The largest absolute Gasteiger partial charge is 0.376 e. The summed E-state index contributed by atoms with van der Waals surface area (Å²) < 4.78 is 7.80. The Balaban J connectivity index is 0.00000289. The number of aryl methyl sites for hydroxylation is 2. The second kappa shape index (κ2) is 11.3. The van der Waals surface area contributed by atoms with Crippen molar-refractivity contribution >= 4 is 35.6 Å². The van der Waals surface area contributed by atoms with Crippen molar-refractivity contribution in [3.8, 4) is 0 Å². The molecular weight excluding hydrogens is 517 g/mol. The van der Waals surface area contributed by atoms with E-state index in [4.69, 9.17) is 9.73 Å². The number of piperazine rings is 1. The number of aromatic nitrogens is 3. The fraction of sp³-hybridized carbons (Fsp3) is 0.609. The molecule has 2 aromatic rings. The van der Waals surface area contributed by atoms with Crippen LogP contribution in [0.3, 0.4) is 0 Å². The molecule has 2 aliphatic rings. The van der Waals surface area contributed by atoms with Crippen molar-refractivity contribution in [3.05, 3.63) is 41.0 Å². The topological polar surface area (TPSA) is 70.8 Å². The summed E-state index contributed by atoms with van der Waals surface area (Å²) in [5.41, 5.74) is 4.07. The van der Waals surface area contributed by atoms with E-state index < -0.39 is 0 Å². The van der Waals surface area contributed by atoms with Crippen LogP contribution in [0.5, 0.6) is 0 Å². The molecule has 0 saturated carbocycles. The van der Waals surface area contributed by atoms with E-state index in [0.29, 0.717) is 6.54 Å². The molecule has 1 N–H and O–H groups in total. The number of nitrogens with zero attached hydrogens (tertiary/aromatic N) is 6. The Kier molecular flexibility index (Phi) is 8.75. The highest BCUT2D eigenvalue weighted by Gasteiger charge is 2.23. The summed E-state index contributed by atoms with van der Waals surface area (Å²) in [7, 11) is 1.99. The quantitative estimate of drug-likeness (QED) is 0.349. The number of nitrogens with one attached hydrogen (secondary N) is 1. The van der Waals surface area contributed by atoms with Gasteiger partial charge in [0, 0.05) is 52.1 Å². The van der Waals surface area contributed by atoms with Crippen molar-refractivity contribution in [2.75, 3.05) is 44.2 Å². The monoisotopic (exact) mass is 553 g/mol. The molecule has 0 aliphatic carbocycles. The Morgan fingerprint density at radius 2 is 1.94 bits per heavy atom. The van der Waals surface area contributed by atoms with E-state index in [2.05, 4.69) is 57.4 Å². The third-order valence-corrected chi connectivity index (χ3v) is 6.56. The van der Waals surface area contributed by atoms with Crippen LogP contribution >= 0.6 is 24.0 Å². The van der Waals surface area contributed by atoms with Gasteiger partial charge < -0.3 is 24.4 Å². The Hall–Kier alpha value is -1.88. The Morgan fingerprint density at radius 1 is 1.16 bits per heavy atom. The molecule has 1 aromatic heterocycles. The SMILES string of the molecule is Cc1cccc(N2CCN(C(=NCc3nnc(C)n3C)NCC3CCCO3)CC2)c1C.I. The fourth-order valence-corrected chi connectivity index (χ4v) is 4.25. The Bertz CT molecular complexity index is 915. The Morgan fingerprint density at radius 3 is 2.59 bits per heavy atom. The van der Waals surface area contributed by atoms with Gasteiger partial charge >= 0.3 is 0 Å². The normalized spacial score (nSPS) is 19.2. The molecule has 0 radical (unpaired) electrons. The van der Waals surface area contributed by atoms with Gasteiger partial charge in [-0.1, -0.05) is 12.1 Å². The molecule has 176 valence electrons. The van der Waals surface area contributed by atoms with Crippen LogP contribution in [0.1, 0.15) is 35.6 Å². The number of guanidine groups is 1. The number of aliphatic imine (C=N–C) groups is 1. The molecule has 0 bridgehead atoms. The van der Waals surface area contributed by atoms with Crippen LogP contribution in [0.2, 0.25) is 0 Å². The summed E-state index contributed by atoms with van der Waals surface area (Å²) in [5.74, 6) is 2.72. The van der Waals surface area contributed by atoms with Crippen molar-refractivity contribution in [1.82, 2.24) is 25.0 Å². The first-order valence-electron chi connectivity index (χ1n) is 11.3. The van der Waals surface area contributed by atoms with Crippen molar-refractivity contribution in [2.45, 2.75) is 46.3 Å². The highest BCUT2D eigenvalue weighted by atomic mass is 127. The maximum absolute atomic E-state index is 5.80. The number of halogens is 1. The molecule has 1 atom stereocenters. The van der Waals surface area contributed by atoms with Gasteiger partial charge in [-0.2, -0.15) is 0 Å². The van der Waals surface area contributed by atoms with Crippen LogP contribution in [-0.4, -0.2) is 71.1 Å². The third kappa shape index (κ3) is 5.72. The van der Waals surface area contributed by atoms with E-state index in [1.807, 2.05) is 18.5 Å². The van der Waals surface area contributed by atoms with Crippen LogP contribution in [0.25, 0.3) is 0 Å². The van der Waals surface area contributed by atoms with Gasteiger partial charge in [0.25, 0.3) is 0 Å². The van der Waals surface area contributed by atoms with Crippen molar-refractivity contribution in [3.63, 3.8) is 0 Å². The smallest absolute Gasteiger partial charge is 0.194 e. The molecule has 2 fully saturated rings. The average molecular weight is 553 g/mol. The van der Waals surface area contributed by atoms with E-state index in [9.17, 15) is 0 Å². The van der Waals surface area contributed by atoms with Gasteiger partial charge in [0.2, 0.25) is 0 Å². The van der Waals surface area contributed by atoms with E-state index in [0.717, 1.165) is 69.8 Å². The average Bonchev–Trinajstić information content (AvgIpc) is 3.41. The van der Waals surface area contributed by atoms with Crippen LogP contribution in [0.4, 0.5) is 5.69 Å². The predicted molar refractivity (Wildman–Crippen MR) is 139 cm³/mol. The molecule has 2 aliphatic heterocycles. The minimum atomic E-state index is 0. The number of hydrogen-bond acceptors (Lipinski definition) is 5. The summed E-state index contributed by atoms with van der Waals surface area (Å²) >= 11 is 0. The summed E-state index contributed by atoms with van der Waals surface area (Å²) in [4.78, 5) is 9.77. The zero-order valence-electron chi connectivity index (χ0n) is 19.7. The predicted octanol–water partition coefficient (Wildman–Crippen LogP) is 2.81. The molecule has 0 amide bonds. The summed E-state index contributed by atoms with van der Waals surface area (Å²) in [5, 5.41) is 12.0. The van der Waals surface area contributed by atoms with Crippen molar-refractivity contribution in [2.24, 2.45) is 12.0 Å². The van der Waals surface area contributed by atoms with Crippen LogP contribution < -0.4 is 10.2 Å². The molecule has 1 aromatic carbocycles. The zero-order chi connectivity index (χ0) is 21.8. The first-order valence-corrected chi connectivity index (χ1v) is 11.3. The zero-order valence-corrected chi connectivity index (χ0v) is 22.0. The second-order valence-corrected chi connectivity index (χ2v) is 8.57. The van der Waals surface area contributed by atoms with E-state index in [1.54, 1.807) is 0 Å². The van der Waals surface area contributed by atoms with Crippen LogP contribution in [0.15, 0.2) is 23.2 Å². The van der Waals surface area contributed by atoms with Gasteiger partial charge in [-0.15, -0.1) is 34.2 Å². The van der Waals surface area contributed by atoms with Gasteiger partial charge in [-0.05, 0) is 50.8 Å². The van der Waals surface area contributed by atoms with E-state index in [-0.39, 0.29) is 30.1 Å². The lowest BCUT2D eigenvalue weighted by atomic mass is 10.1. The Labute approximate surface area is 208 Å². The number of hydrogen-bond donors (Lipinski definition) is 1. The number of rotatable bonds is 5. The number of ether oxygens (including phenoxy) is 1. The summed E-state index contributed by atoms with van der Waals surface area (Å²) in [6.45, 7) is 12.4. The minimum absolute atomic E-state index is 0. The molecule has 2 saturated heterocycles. The van der Waals surface area contributed by atoms with Gasteiger partial charge in [0.1, 0.15) is 12.4 Å². The minimum Gasteiger partial charge on any atom is -0.376 e. The number of anilines is 1. The third-order valence-electron chi connectivity index (χ3n) is 6.56. The first kappa shape index (κ1) is 24.8. The van der Waals surface area contributed by atoms with Gasteiger partial charge in [0.15, 0.2) is 11.8 Å². The lowest BCUT2D eigenvalue weighted by molar-refractivity contribution is 0.113. The number of benzene rings is 1. The molecular formula is C23H36IN7O. The summed E-state index contributed by atoms with van der Waals surface area (Å²) in [6.07, 6.45) is 2.54. The van der Waals surface area contributed by atoms with Gasteiger partial charge in [0.05, 0.1) is 6.10 Å². The molecule has 3 heterocycles. The van der Waals surface area contributed by atoms with Crippen LogP contribution in [0, 0.1) is 20.8 Å². The van der Waals surface area contributed by atoms with Gasteiger partial charge in [-0.25, -0.2) is 4.99 Å². The maximum Gasteiger partial charge on any atom is 0.194 e. The lowest BCUT2D eigenvalue weighted by Crippen LogP contribution is -2.53. The van der Waals surface area contributed by atoms with Crippen LogP contribution in [-0.2, 0) is 18.3 Å². The molecule has 4 rings (SSSR count). The first-order chi connectivity index (χ1) is 15.0. The maximum atomic E-state index is 5.80. The van der Waals surface area contributed by atoms with Gasteiger partial charge in [-0.3, -0.25) is 0 Å². The summed E-state index contributed by atoms with van der Waals surface area (Å²) in [6, 6.07) is 6.57. The highest BCUT2D eigenvalue weighted by molar-refractivity contribution is 14.0. The standard InChI is InChI=1S/C23H35N7O.HI/c1-17-7-5-9-21(18(17)2)29-10-12-30(13-11-29)23(24-15-20-8-6-14-31-20)25-16-22-27-26-19(3)28(22)4;/h5,7,9,20H,6,8,10-16H2,1-4H3,(H,24,25);1H. The van der Waals surface area contributed by atoms with Crippen molar-refractivity contribution < 1.29 is 4.74 Å². The van der Waals surface area contributed by atoms with E-state index in [1.165, 1.54) is 16.8 Å². The second-order valence-electron chi connectivity index (χ2n) is 8.57. The molecule has 9 heteroatoms. The molecule has 8 nitrogen and oxygen atoms in total. The highest BCUT2D eigenvalue weighted by Crippen LogP contribution is 2.24. The lowest BCUT2D eigenvalue weighted by Gasteiger charge is -2.38. The van der Waals surface area contributed by atoms with E-state index >= 15 is 0 Å². The fourth-order valence-electron chi connectivity index (χ4n) is 4.25.